The molecule has 0 saturated heterocycles. The highest BCUT2D eigenvalue weighted by Crippen LogP contribution is 2.35. The predicted molar refractivity (Wildman–Crippen MR) is 171 cm³/mol. The lowest BCUT2D eigenvalue weighted by molar-refractivity contribution is -0.139. The van der Waals surface area contributed by atoms with Gasteiger partial charge in [0.2, 0.25) is 0 Å². The second-order valence-electron chi connectivity index (χ2n) is 10.0. The van der Waals surface area contributed by atoms with Gasteiger partial charge >= 0.3 is 11.9 Å². The van der Waals surface area contributed by atoms with Gasteiger partial charge in [-0.1, -0.05) is 29.0 Å². The topological polar surface area (TPSA) is 109 Å². The number of furan rings is 1. The highest BCUT2D eigenvalue weighted by Gasteiger charge is 2.33. The van der Waals surface area contributed by atoms with Gasteiger partial charge in [-0.25, -0.2) is 14.6 Å². The minimum atomic E-state index is -0.789. The van der Waals surface area contributed by atoms with Crippen molar-refractivity contribution in [1.82, 2.24) is 4.57 Å². The van der Waals surface area contributed by atoms with E-state index in [1.54, 1.807) is 83.3 Å². The van der Waals surface area contributed by atoms with E-state index in [0.29, 0.717) is 58.5 Å². The summed E-state index contributed by atoms with van der Waals surface area (Å²) in [5.41, 5.74) is 1.80. The van der Waals surface area contributed by atoms with E-state index < -0.39 is 18.0 Å². The lowest BCUT2D eigenvalue weighted by Gasteiger charge is -2.25. The largest absolute Gasteiger partial charge is 0.496 e. The zero-order valence-corrected chi connectivity index (χ0v) is 27.6. The Morgan fingerprint density at radius 2 is 1.93 bits per heavy atom. The quantitative estimate of drug-likeness (QED) is 0.206. The number of methoxy groups -OCH3 is 1. The van der Waals surface area contributed by atoms with E-state index in [9.17, 15) is 14.4 Å². The number of allylic oxidation sites excluding steroid dienone is 1. The molecular formula is C32H28BrClN2O7S. The molecule has 5 rings (SSSR count). The van der Waals surface area contributed by atoms with Gasteiger partial charge in [0.25, 0.3) is 5.56 Å². The molecule has 228 valence electrons. The number of benzene rings is 2. The molecule has 0 spiro atoms. The van der Waals surface area contributed by atoms with E-state index in [1.807, 2.05) is 6.07 Å². The van der Waals surface area contributed by atoms with E-state index in [-0.39, 0.29) is 23.8 Å². The summed E-state index contributed by atoms with van der Waals surface area (Å²) in [4.78, 5) is 44.9. The standard InChI is InChI=1S/C32H28BrClN2O7S/c1-6-41-31(39)27-17(4)35-32-36(28(27)18-7-11-25(40-5)23(33)13-18)29(37)26(44-32)15-20-9-12-24(43-20)22-14-19(34)8-10-21(22)30(38)42-16(2)3/h7-16,28H,6H2,1-5H3/b26-15+/t28-/m1/s1. The van der Waals surface area contributed by atoms with Crippen molar-refractivity contribution in [3.8, 4) is 17.1 Å². The van der Waals surface area contributed by atoms with Crippen molar-refractivity contribution < 1.29 is 28.2 Å². The molecule has 0 radical (unpaired) electrons. The molecule has 12 heteroatoms. The number of rotatable bonds is 8. The maximum absolute atomic E-state index is 14.0. The van der Waals surface area contributed by atoms with Crippen molar-refractivity contribution in [2.24, 2.45) is 4.99 Å². The highest BCUT2D eigenvalue weighted by molar-refractivity contribution is 9.10. The summed E-state index contributed by atoms with van der Waals surface area (Å²) >= 11 is 10.9. The summed E-state index contributed by atoms with van der Waals surface area (Å²) in [5, 5.41) is 0.422. The molecule has 0 bridgehead atoms. The van der Waals surface area contributed by atoms with Gasteiger partial charge in [0.05, 0.1) is 51.7 Å². The Balaban J connectivity index is 1.62. The van der Waals surface area contributed by atoms with Crippen LogP contribution in [0, 0.1) is 0 Å². The number of fused-ring (bicyclic) bond motifs is 1. The van der Waals surface area contributed by atoms with Crippen LogP contribution < -0.4 is 19.6 Å². The van der Waals surface area contributed by atoms with Gasteiger partial charge in [-0.3, -0.25) is 9.36 Å². The summed E-state index contributed by atoms with van der Waals surface area (Å²) < 4.78 is 24.7. The first-order chi connectivity index (χ1) is 21.0. The molecule has 4 aromatic rings. The maximum atomic E-state index is 14.0. The molecule has 0 amide bonds. The molecule has 0 N–H and O–H groups in total. The zero-order valence-electron chi connectivity index (χ0n) is 24.5. The predicted octanol–water partition coefficient (Wildman–Crippen LogP) is 6.05. The molecule has 0 fully saturated rings. The second-order valence-corrected chi connectivity index (χ2v) is 12.3. The minimum absolute atomic E-state index is 0.170. The summed E-state index contributed by atoms with van der Waals surface area (Å²) in [5.74, 6) is 0.301. The van der Waals surface area contributed by atoms with Gasteiger partial charge in [-0.05, 0) is 91.7 Å². The molecule has 0 aliphatic carbocycles. The number of hydrogen-bond donors (Lipinski definition) is 0. The smallest absolute Gasteiger partial charge is 0.339 e. The fraction of sp³-hybridized carbons (Fsp3) is 0.250. The zero-order chi connectivity index (χ0) is 31.7. The first kappa shape index (κ1) is 31.5. The number of carbonyl (C=O) groups is 2. The molecule has 9 nitrogen and oxygen atoms in total. The summed E-state index contributed by atoms with van der Waals surface area (Å²) in [6.45, 7) is 7.15. The molecule has 1 aliphatic rings. The van der Waals surface area contributed by atoms with Gasteiger partial charge in [0, 0.05) is 16.7 Å². The number of carbonyl (C=O) groups excluding carboxylic acids is 2. The number of ether oxygens (including phenoxy) is 3. The Labute approximate surface area is 270 Å². The molecule has 0 saturated carbocycles. The first-order valence-electron chi connectivity index (χ1n) is 13.7. The molecule has 44 heavy (non-hydrogen) atoms. The second kappa shape index (κ2) is 13.0. The SMILES string of the molecule is CCOC(=O)C1=C(C)N=c2s/c(=C/c3ccc(-c4cc(Cl)ccc4C(=O)OC(C)C)o3)c(=O)n2[C@@H]1c1ccc(OC)c(Br)c1. The average molecular weight is 700 g/mol. The minimum Gasteiger partial charge on any atom is -0.496 e. The van der Waals surface area contributed by atoms with Crippen LogP contribution in [0.5, 0.6) is 5.75 Å². The van der Waals surface area contributed by atoms with Crippen LogP contribution in [0.25, 0.3) is 17.4 Å². The molecular weight excluding hydrogens is 672 g/mol. The van der Waals surface area contributed by atoms with E-state index in [0.717, 1.165) is 0 Å². The Hall–Kier alpha value is -3.93. The van der Waals surface area contributed by atoms with Crippen molar-refractivity contribution in [2.75, 3.05) is 13.7 Å². The number of nitrogens with zero attached hydrogens (tertiary/aromatic N) is 2. The van der Waals surface area contributed by atoms with Crippen LogP contribution in [0.15, 0.2) is 78.5 Å². The van der Waals surface area contributed by atoms with Crippen molar-refractivity contribution >= 4 is 56.9 Å². The van der Waals surface area contributed by atoms with Crippen molar-refractivity contribution in [1.29, 1.82) is 0 Å². The molecule has 2 aromatic heterocycles. The maximum Gasteiger partial charge on any atom is 0.339 e. The van der Waals surface area contributed by atoms with Crippen LogP contribution in [-0.4, -0.2) is 36.3 Å². The molecule has 1 aliphatic heterocycles. The Morgan fingerprint density at radius 1 is 1.16 bits per heavy atom. The third kappa shape index (κ3) is 6.17. The highest BCUT2D eigenvalue weighted by atomic mass is 79.9. The molecule has 1 atom stereocenters. The van der Waals surface area contributed by atoms with Crippen LogP contribution in [0.2, 0.25) is 5.02 Å². The molecule has 0 unspecified atom stereocenters. The third-order valence-corrected chi connectivity index (χ3v) is 8.56. The number of hydrogen-bond acceptors (Lipinski definition) is 9. The first-order valence-corrected chi connectivity index (χ1v) is 15.6. The van der Waals surface area contributed by atoms with Crippen molar-refractivity contribution in [2.45, 2.75) is 39.8 Å². The monoisotopic (exact) mass is 698 g/mol. The third-order valence-electron chi connectivity index (χ3n) is 6.72. The average Bonchev–Trinajstić information content (AvgIpc) is 3.56. The normalized spacial score (nSPS) is 14.8. The summed E-state index contributed by atoms with van der Waals surface area (Å²) in [6.07, 6.45) is 1.30. The lowest BCUT2D eigenvalue weighted by Crippen LogP contribution is -2.39. The van der Waals surface area contributed by atoms with Crippen LogP contribution in [0.3, 0.4) is 0 Å². The fourth-order valence-corrected chi connectivity index (χ4v) is 6.60. The van der Waals surface area contributed by atoms with Gasteiger partial charge < -0.3 is 18.6 Å². The Kier molecular flexibility index (Phi) is 9.28. The fourth-order valence-electron chi connectivity index (χ4n) is 4.84. The van der Waals surface area contributed by atoms with Gasteiger partial charge in [-0.15, -0.1) is 0 Å². The van der Waals surface area contributed by atoms with Crippen molar-refractivity contribution in [3.63, 3.8) is 0 Å². The Morgan fingerprint density at radius 3 is 2.61 bits per heavy atom. The number of halogens is 2. The van der Waals surface area contributed by atoms with Crippen LogP contribution >= 0.6 is 38.9 Å². The van der Waals surface area contributed by atoms with Crippen molar-refractivity contribution in [3.05, 3.63) is 106 Å². The number of aromatic nitrogens is 1. The Bertz CT molecular complexity index is 1990. The molecule has 3 heterocycles. The van der Waals surface area contributed by atoms with Gasteiger partial charge in [0.1, 0.15) is 17.3 Å². The van der Waals surface area contributed by atoms with E-state index in [1.165, 1.54) is 15.9 Å². The lowest BCUT2D eigenvalue weighted by atomic mass is 9.96. The van der Waals surface area contributed by atoms with Gasteiger partial charge in [-0.2, -0.15) is 0 Å². The van der Waals surface area contributed by atoms with E-state index >= 15 is 0 Å². The number of thiazole rings is 1. The van der Waals surface area contributed by atoms with Crippen LogP contribution in [0.1, 0.15) is 55.4 Å². The van der Waals surface area contributed by atoms with Gasteiger partial charge in [0.15, 0.2) is 4.80 Å². The molecule has 2 aromatic carbocycles. The number of esters is 2. The van der Waals surface area contributed by atoms with E-state index in [2.05, 4.69) is 20.9 Å². The summed E-state index contributed by atoms with van der Waals surface area (Å²) in [6, 6.07) is 12.8. The van der Waals surface area contributed by atoms with Crippen LogP contribution in [-0.2, 0) is 14.3 Å². The van der Waals surface area contributed by atoms with Crippen LogP contribution in [0.4, 0.5) is 0 Å². The summed E-state index contributed by atoms with van der Waals surface area (Å²) in [7, 11) is 1.56. The van der Waals surface area contributed by atoms with E-state index in [4.69, 9.17) is 30.2 Å².